The van der Waals surface area contributed by atoms with Crippen LogP contribution in [0.3, 0.4) is 0 Å². The number of hydrogen-bond acceptors (Lipinski definition) is 8. The summed E-state index contributed by atoms with van der Waals surface area (Å²) in [6.07, 6.45) is 7.62. The standard InChI is InChI=1S/C37H55N5O7S2/c1-8-18-38-32(45)28(43)24(20-22-14-15-22)39-31(44)27-26-23(36(26,5)6)21-42(27)34(47)30(35(2,3)4)40-33(46)29(37(7)16-10-9-11-17-37)41-51(48,49)25-13-12-19-50-25/h8,12-13,19,22-24,26-27,29-30,41H,1,9-11,14-18,20-21H2,2-7H3,(H,38,45)(H,39,44)(H,40,46)/t23?,24?,26?,27-,29+,30+/m0/s1. The maximum atomic E-state index is 14.7. The molecule has 4 amide bonds. The smallest absolute Gasteiger partial charge is 0.289 e. The minimum Gasteiger partial charge on any atom is -0.346 e. The number of piperidine rings is 1. The normalized spacial score (nSPS) is 25.5. The number of fused-ring (bicyclic) bond motifs is 1. The minimum absolute atomic E-state index is 0.0356. The monoisotopic (exact) mass is 745 g/mol. The largest absolute Gasteiger partial charge is 0.346 e. The molecule has 4 fully saturated rings. The number of carbonyl (C=O) groups is 5. The number of hydrogen-bond donors (Lipinski definition) is 4. The second-order valence-corrected chi connectivity index (χ2v) is 19.9. The molecule has 3 saturated carbocycles. The van der Waals surface area contributed by atoms with Crippen molar-refractivity contribution in [2.75, 3.05) is 13.1 Å². The van der Waals surface area contributed by atoms with Crippen molar-refractivity contribution in [3.05, 3.63) is 30.2 Å². The van der Waals surface area contributed by atoms with Gasteiger partial charge >= 0.3 is 0 Å². The van der Waals surface area contributed by atoms with Crippen molar-refractivity contribution in [3.63, 3.8) is 0 Å². The van der Waals surface area contributed by atoms with Crippen molar-refractivity contribution in [1.29, 1.82) is 0 Å². The molecule has 0 aromatic carbocycles. The van der Waals surface area contributed by atoms with Crippen molar-refractivity contribution in [2.24, 2.45) is 34.0 Å². The van der Waals surface area contributed by atoms with Gasteiger partial charge in [-0.1, -0.05) is 85.8 Å². The molecule has 1 aliphatic heterocycles. The van der Waals surface area contributed by atoms with E-state index in [0.717, 1.165) is 43.4 Å². The Labute approximate surface area is 306 Å². The summed E-state index contributed by atoms with van der Waals surface area (Å²) < 4.78 is 29.8. The third-order valence-corrected chi connectivity index (χ3v) is 14.5. The number of likely N-dealkylation sites (tertiary alicyclic amines) is 1. The van der Waals surface area contributed by atoms with E-state index >= 15 is 0 Å². The van der Waals surface area contributed by atoms with Crippen LogP contribution in [0.5, 0.6) is 0 Å². The molecule has 0 bridgehead atoms. The molecule has 1 aromatic heterocycles. The van der Waals surface area contributed by atoms with E-state index < -0.39 is 74.4 Å². The van der Waals surface area contributed by atoms with Crippen LogP contribution in [0.2, 0.25) is 0 Å². The molecule has 3 aliphatic carbocycles. The van der Waals surface area contributed by atoms with Crippen molar-refractivity contribution in [3.8, 4) is 0 Å². The average molecular weight is 746 g/mol. The molecule has 2 heterocycles. The summed E-state index contributed by atoms with van der Waals surface area (Å²) in [5, 5.41) is 9.99. The van der Waals surface area contributed by atoms with E-state index in [1.54, 1.807) is 11.4 Å². The average Bonchev–Trinajstić information content (AvgIpc) is 3.74. The van der Waals surface area contributed by atoms with Gasteiger partial charge in [0.25, 0.3) is 15.9 Å². The zero-order valence-corrected chi connectivity index (χ0v) is 32.4. The highest BCUT2D eigenvalue weighted by atomic mass is 32.2. The first-order valence-corrected chi connectivity index (χ1v) is 20.6. The summed E-state index contributed by atoms with van der Waals surface area (Å²) in [6, 6.07) is -1.02. The first kappa shape index (κ1) is 39.1. The van der Waals surface area contributed by atoms with E-state index in [-0.39, 0.29) is 33.9 Å². The Morgan fingerprint density at radius 2 is 1.73 bits per heavy atom. The Balaban J connectivity index is 1.40. The topological polar surface area (TPSA) is 171 Å². The molecule has 3 unspecified atom stereocenters. The number of Topliss-reactive ketones (excluding diaryl/α,β-unsaturated/α-hetero) is 1. The molecule has 5 rings (SSSR count). The van der Waals surface area contributed by atoms with Gasteiger partial charge < -0.3 is 20.9 Å². The van der Waals surface area contributed by atoms with Gasteiger partial charge in [0.15, 0.2) is 0 Å². The lowest BCUT2D eigenvalue weighted by atomic mass is 9.70. The van der Waals surface area contributed by atoms with Crippen LogP contribution in [0.1, 0.15) is 92.9 Å². The second kappa shape index (κ2) is 14.7. The molecular weight excluding hydrogens is 691 g/mol. The molecular formula is C37H55N5O7S2. The van der Waals surface area contributed by atoms with E-state index in [4.69, 9.17) is 0 Å². The number of amides is 4. The number of carbonyl (C=O) groups excluding carboxylic acids is 5. The van der Waals surface area contributed by atoms with Crippen LogP contribution in [0.25, 0.3) is 0 Å². The molecule has 282 valence electrons. The summed E-state index contributed by atoms with van der Waals surface area (Å²) >= 11 is 1.07. The van der Waals surface area contributed by atoms with E-state index in [1.165, 1.54) is 17.0 Å². The molecule has 4 N–H and O–H groups in total. The Hall–Kier alpha value is -3.10. The van der Waals surface area contributed by atoms with Gasteiger partial charge in [-0.15, -0.1) is 17.9 Å². The van der Waals surface area contributed by atoms with Gasteiger partial charge in [0.05, 0.1) is 6.04 Å². The van der Waals surface area contributed by atoms with Crippen LogP contribution >= 0.6 is 11.3 Å². The molecule has 12 nitrogen and oxygen atoms in total. The number of nitrogens with zero attached hydrogens (tertiary/aromatic N) is 1. The Bertz CT molecular complexity index is 1620. The summed E-state index contributed by atoms with van der Waals surface area (Å²) in [6.45, 7) is 15.5. The Morgan fingerprint density at radius 1 is 1.06 bits per heavy atom. The molecule has 1 aromatic rings. The number of thiophene rings is 1. The van der Waals surface area contributed by atoms with Gasteiger partial charge in [-0.05, 0) is 64.7 Å². The van der Waals surface area contributed by atoms with Crippen molar-refractivity contribution < 1.29 is 32.4 Å². The lowest BCUT2D eigenvalue weighted by Crippen LogP contribution is -2.64. The fourth-order valence-corrected chi connectivity index (χ4v) is 10.6. The maximum absolute atomic E-state index is 14.7. The number of nitrogens with one attached hydrogen (secondary N) is 4. The van der Waals surface area contributed by atoms with Crippen molar-refractivity contribution in [1.82, 2.24) is 25.6 Å². The van der Waals surface area contributed by atoms with Crippen LogP contribution in [0.4, 0.5) is 0 Å². The molecule has 4 aliphatic rings. The fourth-order valence-electron chi connectivity index (χ4n) is 8.23. The second-order valence-electron chi connectivity index (χ2n) is 17.0. The van der Waals surface area contributed by atoms with Gasteiger partial charge in [0.2, 0.25) is 23.5 Å². The maximum Gasteiger partial charge on any atom is 0.289 e. The molecule has 6 atom stereocenters. The third-order valence-electron chi connectivity index (χ3n) is 11.7. The van der Waals surface area contributed by atoms with Crippen molar-refractivity contribution >= 4 is 50.8 Å². The lowest BCUT2D eigenvalue weighted by Gasteiger charge is -2.42. The van der Waals surface area contributed by atoms with Gasteiger partial charge in [-0.25, -0.2) is 8.42 Å². The van der Waals surface area contributed by atoms with Gasteiger partial charge in [0, 0.05) is 13.1 Å². The first-order chi connectivity index (χ1) is 23.8. The molecule has 1 saturated heterocycles. The van der Waals surface area contributed by atoms with Crippen LogP contribution in [-0.2, 0) is 34.0 Å². The quantitative estimate of drug-likeness (QED) is 0.157. The van der Waals surface area contributed by atoms with Crippen LogP contribution < -0.4 is 20.7 Å². The molecule has 14 heteroatoms. The third kappa shape index (κ3) is 8.43. The zero-order valence-electron chi connectivity index (χ0n) is 30.8. The zero-order chi connectivity index (χ0) is 37.5. The number of rotatable bonds is 15. The highest BCUT2D eigenvalue weighted by molar-refractivity contribution is 7.91. The highest BCUT2D eigenvalue weighted by Crippen LogP contribution is 2.65. The van der Waals surface area contributed by atoms with Crippen molar-refractivity contribution in [2.45, 2.75) is 121 Å². The van der Waals surface area contributed by atoms with E-state index in [2.05, 4.69) is 41.1 Å². The Morgan fingerprint density at radius 3 is 2.29 bits per heavy atom. The van der Waals surface area contributed by atoms with Crippen LogP contribution in [0, 0.1) is 34.0 Å². The summed E-state index contributed by atoms with van der Waals surface area (Å²) in [4.78, 5) is 70.6. The minimum atomic E-state index is -4.03. The SMILES string of the molecule is C=CCNC(=O)C(=O)C(CC1CC1)NC(=O)[C@@H]1C2C(CN1C(=O)[C@@H](NC(=O)[C@@H](NS(=O)(=O)c1cccs1)C1(C)CCCCC1)C(C)(C)C)C2(C)C. The van der Waals surface area contributed by atoms with Crippen LogP contribution in [-0.4, -0.2) is 80.0 Å². The summed E-state index contributed by atoms with van der Waals surface area (Å²) in [5.41, 5.74) is -1.72. The van der Waals surface area contributed by atoms with Gasteiger partial charge in [-0.2, -0.15) is 4.72 Å². The molecule has 51 heavy (non-hydrogen) atoms. The van der Waals surface area contributed by atoms with E-state index in [9.17, 15) is 32.4 Å². The fraction of sp³-hybridized carbons (Fsp3) is 0.703. The predicted molar refractivity (Wildman–Crippen MR) is 195 cm³/mol. The predicted octanol–water partition coefficient (Wildman–Crippen LogP) is 3.54. The number of ketones is 1. The van der Waals surface area contributed by atoms with Gasteiger partial charge in [0.1, 0.15) is 22.3 Å². The highest BCUT2D eigenvalue weighted by Gasteiger charge is 2.70. The molecule has 0 spiro atoms. The van der Waals surface area contributed by atoms with E-state index in [0.29, 0.717) is 25.8 Å². The van der Waals surface area contributed by atoms with E-state index in [1.807, 2.05) is 27.7 Å². The summed E-state index contributed by atoms with van der Waals surface area (Å²) in [7, 11) is -4.03. The van der Waals surface area contributed by atoms with Gasteiger partial charge in [-0.3, -0.25) is 24.0 Å². The molecule has 0 radical (unpaired) electrons. The first-order valence-electron chi connectivity index (χ1n) is 18.2. The Kier molecular flexibility index (Phi) is 11.3. The lowest BCUT2D eigenvalue weighted by molar-refractivity contribution is -0.147. The van der Waals surface area contributed by atoms with Crippen LogP contribution in [0.15, 0.2) is 34.4 Å². The number of sulfonamides is 1. The summed E-state index contributed by atoms with van der Waals surface area (Å²) in [5.74, 6) is -2.95.